The second-order valence-corrected chi connectivity index (χ2v) is 6.43. The van der Waals surface area contributed by atoms with E-state index in [1.165, 1.54) is 12.1 Å². The largest absolute Gasteiger partial charge is 0.323 e. The van der Waals surface area contributed by atoms with E-state index in [1.807, 2.05) is 31.6 Å². The fourth-order valence-electron chi connectivity index (χ4n) is 3.52. The van der Waals surface area contributed by atoms with Crippen molar-refractivity contribution in [3.8, 4) is 11.3 Å². The van der Waals surface area contributed by atoms with Gasteiger partial charge in [0.15, 0.2) is 0 Å². The molecule has 0 aliphatic heterocycles. The van der Waals surface area contributed by atoms with E-state index in [4.69, 9.17) is 5.10 Å². The van der Waals surface area contributed by atoms with E-state index in [2.05, 4.69) is 35.0 Å². The van der Waals surface area contributed by atoms with Gasteiger partial charge in [-0.05, 0) is 44.4 Å². The van der Waals surface area contributed by atoms with Gasteiger partial charge in [-0.1, -0.05) is 26.0 Å². The van der Waals surface area contributed by atoms with Gasteiger partial charge in [0.25, 0.3) is 0 Å². The summed E-state index contributed by atoms with van der Waals surface area (Å²) in [5.41, 5.74) is 5.47. The van der Waals surface area contributed by atoms with Crippen molar-refractivity contribution in [2.75, 3.05) is 0 Å². The first-order valence-electron chi connectivity index (χ1n) is 8.88. The highest BCUT2D eigenvalue weighted by atomic mass is 19.1. The third-order valence-electron chi connectivity index (χ3n) is 4.72. The van der Waals surface area contributed by atoms with E-state index >= 15 is 0 Å². The number of aryl methyl sites for hydroxylation is 2. The molecule has 0 N–H and O–H groups in total. The molecule has 0 radical (unpaired) electrons. The van der Waals surface area contributed by atoms with E-state index < -0.39 is 0 Å². The number of benzene rings is 1. The van der Waals surface area contributed by atoms with Crippen LogP contribution in [0.25, 0.3) is 11.3 Å². The maximum atomic E-state index is 13.3. The molecule has 3 aromatic rings. The normalized spacial score (nSPS) is 12.5. The molecule has 0 saturated heterocycles. The van der Waals surface area contributed by atoms with Crippen molar-refractivity contribution >= 4 is 0 Å². The molecule has 0 saturated carbocycles. The Kier molecular flexibility index (Phi) is 5.02. The van der Waals surface area contributed by atoms with Gasteiger partial charge in [-0.15, -0.1) is 0 Å². The smallest absolute Gasteiger partial charge is 0.123 e. The van der Waals surface area contributed by atoms with Crippen LogP contribution < -0.4 is 0 Å². The fourth-order valence-corrected chi connectivity index (χ4v) is 3.52. The molecule has 2 heterocycles. The van der Waals surface area contributed by atoms with Crippen molar-refractivity contribution in [1.82, 2.24) is 19.3 Å². The Bertz CT molecular complexity index is 845. The highest BCUT2D eigenvalue weighted by molar-refractivity contribution is 5.65. The molecule has 2 aromatic heterocycles. The van der Waals surface area contributed by atoms with Crippen LogP contribution in [0.15, 0.2) is 36.8 Å². The molecule has 0 spiro atoms. The van der Waals surface area contributed by atoms with Crippen LogP contribution in [0.5, 0.6) is 0 Å². The average Bonchev–Trinajstić information content (AvgIpc) is 3.15. The number of imidazole rings is 1. The molecule has 0 aliphatic carbocycles. The van der Waals surface area contributed by atoms with Crippen LogP contribution >= 0.6 is 0 Å². The number of nitrogens with zero attached hydrogens (tertiary/aromatic N) is 4. The lowest BCUT2D eigenvalue weighted by molar-refractivity contribution is 0.566. The number of hydrogen-bond donors (Lipinski definition) is 0. The molecule has 5 heteroatoms. The molecular formula is C20H25FN4. The van der Waals surface area contributed by atoms with Crippen molar-refractivity contribution in [3.63, 3.8) is 0 Å². The van der Waals surface area contributed by atoms with Crippen LogP contribution in [0.3, 0.4) is 0 Å². The minimum atomic E-state index is -0.211. The number of aromatic nitrogens is 4. The van der Waals surface area contributed by atoms with Crippen molar-refractivity contribution in [2.45, 2.75) is 53.1 Å². The minimum absolute atomic E-state index is 0.117. The first kappa shape index (κ1) is 17.4. The van der Waals surface area contributed by atoms with Gasteiger partial charge in [0.2, 0.25) is 0 Å². The lowest BCUT2D eigenvalue weighted by Gasteiger charge is -2.20. The Morgan fingerprint density at radius 3 is 2.48 bits per heavy atom. The van der Waals surface area contributed by atoms with Crippen LogP contribution in [0.2, 0.25) is 0 Å². The Hall–Kier alpha value is -2.43. The van der Waals surface area contributed by atoms with Gasteiger partial charge < -0.3 is 4.57 Å². The summed E-state index contributed by atoms with van der Waals surface area (Å²) in [7, 11) is 0. The van der Waals surface area contributed by atoms with Gasteiger partial charge >= 0.3 is 0 Å². The zero-order chi connectivity index (χ0) is 18.0. The maximum absolute atomic E-state index is 13.3. The summed E-state index contributed by atoms with van der Waals surface area (Å²) in [5, 5.41) is 4.69. The summed E-state index contributed by atoms with van der Waals surface area (Å²) < 4.78 is 17.5. The highest BCUT2D eigenvalue weighted by Crippen LogP contribution is 2.32. The highest BCUT2D eigenvalue weighted by Gasteiger charge is 2.21. The third kappa shape index (κ3) is 3.23. The lowest BCUT2D eigenvalue weighted by atomic mass is 10.0. The molecular weight excluding hydrogens is 315 g/mol. The molecule has 1 aromatic carbocycles. The molecule has 132 valence electrons. The summed E-state index contributed by atoms with van der Waals surface area (Å²) >= 11 is 0. The van der Waals surface area contributed by atoms with Crippen molar-refractivity contribution in [2.24, 2.45) is 0 Å². The molecule has 1 atom stereocenters. The quantitative estimate of drug-likeness (QED) is 0.639. The standard InChI is InChI=1S/C20H25FN4/c1-5-11-25-15(4)20(14(3)23-25)19-12-22-13-24(19)18(6-2)16-7-9-17(21)10-8-16/h7-10,12-13,18H,5-6,11H2,1-4H3/t18-/m0/s1. The van der Waals surface area contributed by atoms with Crippen LogP contribution in [0, 0.1) is 19.7 Å². The third-order valence-corrected chi connectivity index (χ3v) is 4.72. The zero-order valence-electron chi connectivity index (χ0n) is 15.3. The van der Waals surface area contributed by atoms with Crippen LogP contribution in [0.4, 0.5) is 4.39 Å². The topological polar surface area (TPSA) is 35.6 Å². The molecule has 4 nitrogen and oxygen atoms in total. The summed E-state index contributed by atoms with van der Waals surface area (Å²) in [5.74, 6) is -0.211. The van der Waals surface area contributed by atoms with Gasteiger partial charge in [-0.25, -0.2) is 9.37 Å². The van der Waals surface area contributed by atoms with Crippen molar-refractivity contribution in [3.05, 3.63) is 59.6 Å². The van der Waals surface area contributed by atoms with E-state index in [-0.39, 0.29) is 11.9 Å². The van der Waals surface area contributed by atoms with Gasteiger partial charge in [0.1, 0.15) is 5.82 Å². The molecule has 0 unspecified atom stereocenters. The predicted octanol–water partition coefficient (Wildman–Crippen LogP) is 4.91. The number of hydrogen-bond acceptors (Lipinski definition) is 2. The van der Waals surface area contributed by atoms with Crippen molar-refractivity contribution < 1.29 is 4.39 Å². The molecule has 25 heavy (non-hydrogen) atoms. The van der Waals surface area contributed by atoms with Crippen molar-refractivity contribution in [1.29, 1.82) is 0 Å². The summed E-state index contributed by atoms with van der Waals surface area (Å²) in [4.78, 5) is 4.40. The second-order valence-electron chi connectivity index (χ2n) is 6.43. The van der Waals surface area contributed by atoms with Crippen LogP contribution in [0.1, 0.15) is 49.7 Å². The van der Waals surface area contributed by atoms with E-state index in [0.717, 1.165) is 47.6 Å². The summed E-state index contributed by atoms with van der Waals surface area (Å²) in [6, 6.07) is 6.86. The Labute approximate surface area is 148 Å². The maximum Gasteiger partial charge on any atom is 0.123 e. The Morgan fingerprint density at radius 2 is 1.84 bits per heavy atom. The molecule has 0 bridgehead atoms. The lowest BCUT2D eigenvalue weighted by Crippen LogP contribution is -2.10. The number of halogens is 1. The van der Waals surface area contributed by atoms with Crippen LogP contribution in [-0.2, 0) is 6.54 Å². The number of rotatable bonds is 6. The van der Waals surface area contributed by atoms with E-state index in [9.17, 15) is 4.39 Å². The Balaban J connectivity index is 2.07. The summed E-state index contributed by atoms with van der Waals surface area (Å²) in [6.07, 6.45) is 5.71. The fraction of sp³-hybridized carbons (Fsp3) is 0.400. The first-order valence-corrected chi connectivity index (χ1v) is 8.88. The second kappa shape index (κ2) is 7.21. The molecule has 0 aliphatic rings. The first-order chi connectivity index (χ1) is 12.1. The molecule has 3 rings (SSSR count). The van der Waals surface area contributed by atoms with Gasteiger partial charge in [0.05, 0.1) is 30.0 Å². The predicted molar refractivity (Wildman–Crippen MR) is 98.0 cm³/mol. The van der Waals surface area contributed by atoms with E-state index in [0.29, 0.717) is 0 Å². The monoisotopic (exact) mass is 340 g/mol. The van der Waals surface area contributed by atoms with Crippen LogP contribution in [-0.4, -0.2) is 19.3 Å². The Morgan fingerprint density at radius 1 is 1.12 bits per heavy atom. The summed E-state index contributed by atoms with van der Waals surface area (Å²) in [6.45, 7) is 9.36. The van der Waals surface area contributed by atoms with Gasteiger partial charge in [-0.2, -0.15) is 5.10 Å². The molecule has 0 amide bonds. The van der Waals surface area contributed by atoms with Gasteiger partial charge in [0, 0.05) is 17.8 Å². The van der Waals surface area contributed by atoms with Gasteiger partial charge in [-0.3, -0.25) is 4.68 Å². The molecule has 0 fully saturated rings. The zero-order valence-corrected chi connectivity index (χ0v) is 15.3. The SMILES string of the molecule is CCCn1nc(C)c(-c2cncn2[C@@H](CC)c2ccc(F)cc2)c1C. The average molecular weight is 340 g/mol. The van der Waals surface area contributed by atoms with E-state index in [1.54, 1.807) is 0 Å². The minimum Gasteiger partial charge on any atom is -0.323 e.